The fraction of sp³-hybridized carbons (Fsp3) is 0.370. The summed E-state index contributed by atoms with van der Waals surface area (Å²) in [5.74, 6) is -0.317. The van der Waals surface area contributed by atoms with E-state index in [-0.39, 0.29) is 45.3 Å². The highest BCUT2D eigenvalue weighted by atomic mass is 32.2. The molecule has 14 nitrogen and oxygen atoms in total. The Bertz CT molecular complexity index is 1690. The number of nitrogens with one attached hydrogen (secondary N) is 1. The first kappa shape index (κ1) is 29.8. The van der Waals surface area contributed by atoms with E-state index in [9.17, 15) is 17.6 Å². The predicted octanol–water partition coefficient (Wildman–Crippen LogP) is 3.23. The van der Waals surface area contributed by atoms with E-state index >= 15 is 0 Å². The normalized spacial score (nSPS) is 17.0. The number of aromatic nitrogens is 5. The van der Waals surface area contributed by atoms with Crippen molar-refractivity contribution in [2.24, 2.45) is 5.92 Å². The van der Waals surface area contributed by atoms with E-state index in [1.54, 1.807) is 44.2 Å². The lowest BCUT2D eigenvalue weighted by Gasteiger charge is -2.36. The van der Waals surface area contributed by atoms with Crippen molar-refractivity contribution in [3.8, 4) is 28.8 Å². The van der Waals surface area contributed by atoms with Crippen LogP contribution in [0, 0.1) is 18.7 Å². The predicted molar refractivity (Wildman–Crippen MR) is 154 cm³/mol. The second kappa shape index (κ2) is 12.2. The number of aryl methyl sites for hydroxylation is 1. The van der Waals surface area contributed by atoms with Gasteiger partial charge in [0.25, 0.3) is 0 Å². The molecule has 0 radical (unpaired) electrons. The van der Waals surface area contributed by atoms with Gasteiger partial charge in [-0.05, 0) is 44.5 Å². The number of ether oxygens (including phenoxy) is 3. The van der Waals surface area contributed by atoms with Crippen molar-refractivity contribution in [1.82, 2.24) is 24.7 Å². The molecule has 43 heavy (non-hydrogen) atoms. The summed E-state index contributed by atoms with van der Waals surface area (Å²) in [7, 11) is -1.33. The molecule has 16 heteroatoms. The molecule has 4 aromatic rings. The molecule has 5 rings (SSSR count). The molecule has 1 aliphatic heterocycles. The summed E-state index contributed by atoms with van der Waals surface area (Å²) in [6.07, 6.45) is 1.89. The second-order valence-corrected chi connectivity index (χ2v) is 11.6. The molecule has 0 saturated carbocycles. The molecule has 2 atom stereocenters. The number of halogens is 1. The quantitative estimate of drug-likeness (QED) is 0.259. The zero-order valence-electron chi connectivity index (χ0n) is 23.9. The van der Waals surface area contributed by atoms with Crippen LogP contribution < -0.4 is 19.1 Å². The van der Waals surface area contributed by atoms with Crippen LogP contribution in [0.3, 0.4) is 0 Å². The molecule has 0 amide bonds. The van der Waals surface area contributed by atoms with Crippen LogP contribution in [-0.4, -0.2) is 78.3 Å². The molecule has 0 spiro atoms. The molecule has 0 bridgehead atoms. The highest BCUT2D eigenvalue weighted by Crippen LogP contribution is 2.38. The molecule has 0 unspecified atom stereocenters. The summed E-state index contributed by atoms with van der Waals surface area (Å²) < 4.78 is 67.7. The molecule has 3 aromatic heterocycles. The van der Waals surface area contributed by atoms with Crippen molar-refractivity contribution >= 4 is 27.9 Å². The lowest BCUT2D eigenvalue weighted by Crippen LogP contribution is -2.50. The lowest BCUT2D eigenvalue weighted by atomic mass is 9.98. The fourth-order valence-electron chi connectivity index (χ4n) is 4.88. The Balaban J connectivity index is 0.00000442. The smallest absolute Gasteiger partial charge is 0.310 e. The third kappa shape index (κ3) is 6.09. The van der Waals surface area contributed by atoms with Crippen LogP contribution in [-0.2, 0) is 19.6 Å². The number of hydrogen-bond acceptors (Lipinski definition) is 12. The van der Waals surface area contributed by atoms with Crippen LogP contribution >= 0.6 is 0 Å². The highest BCUT2D eigenvalue weighted by Gasteiger charge is 2.41. The van der Waals surface area contributed by atoms with Crippen LogP contribution in [0.5, 0.6) is 11.5 Å². The van der Waals surface area contributed by atoms with Gasteiger partial charge >= 0.3 is 5.97 Å². The van der Waals surface area contributed by atoms with Crippen molar-refractivity contribution in [2.75, 3.05) is 43.5 Å². The number of methoxy groups -OCH3 is 2. The van der Waals surface area contributed by atoms with Crippen molar-refractivity contribution in [3.63, 3.8) is 0 Å². The van der Waals surface area contributed by atoms with E-state index in [0.717, 1.165) is 12.4 Å². The summed E-state index contributed by atoms with van der Waals surface area (Å²) in [5.41, 5.74) is 0.327. The number of hydrogen-bond donors (Lipinski definition) is 1. The summed E-state index contributed by atoms with van der Waals surface area (Å²) in [4.78, 5) is 22.2. The summed E-state index contributed by atoms with van der Waals surface area (Å²) >= 11 is 0. The van der Waals surface area contributed by atoms with Gasteiger partial charge in [0.1, 0.15) is 22.9 Å². The standard InChI is InChI=1S/C27H30FN7O7S.H2/c1-5-41-25(36)17-11-19(15-34(14-17)26-29-12-18(28)13-30-26)43(37,38)33-27-32-31-24(22-10-9-16(2)42-22)35(27)23-20(39-3)7-6-8-21(23)40-4;/h6-10,12-13,17,19H,5,11,14-15H2,1-4H3,(H,32,33);1H/t17-,19-;/m0./s1. The van der Waals surface area contributed by atoms with Gasteiger partial charge in [-0.3, -0.25) is 14.1 Å². The third-order valence-corrected chi connectivity index (χ3v) is 8.53. The first-order valence-corrected chi connectivity index (χ1v) is 14.8. The van der Waals surface area contributed by atoms with E-state index < -0.39 is 33.0 Å². The number of carbonyl (C=O) groups is 1. The molecule has 1 aliphatic rings. The molecule has 1 saturated heterocycles. The zero-order chi connectivity index (χ0) is 30.7. The number of anilines is 2. The maximum absolute atomic E-state index is 14.0. The molecule has 1 N–H and O–H groups in total. The second-order valence-electron chi connectivity index (χ2n) is 9.66. The average molecular weight is 618 g/mol. The molecule has 1 fully saturated rings. The van der Waals surface area contributed by atoms with E-state index in [1.165, 1.54) is 23.7 Å². The largest absolute Gasteiger partial charge is 0.494 e. The SMILES string of the molecule is CCOC(=O)[C@H]1C[C@H](S(=O)(=O)Nc2nnc(-c3ccc(C)o3)n2-c2c(OC)cccc2OC)CN(c2ncc(F)cn2)C1.[HH]. The minimum absolute atomic E-state index is 0. The number of sulfonamides is 1. The van der Waals surface area contributed by atoms with Gasteiger partial charge in [-0.25, -0.2) is 22.8 Å². The summed E-state index contributed by atoms with van der Waals surface area (Å²) in [6, 6.07) is 8.50. The van der Waals surface area contributed by atoms with Crippen molar-refractivity contribution in [3.05, 3.63) is 54.3 Å². The first-order chi connectivity index (χ1) is 20.6. The Labute approximate surface area is 248 Å². The van der Waals surface area contributed by atoms with Crippen LogP contribution in [0.1, 0.15) is 20.5 Å². The highest BCUT2D eigenvalue weighted by molar-refractivity contribution is 7.93. The number of furan rings is 1. The topological polar surface area (TPSA) is 164 Å². The number of para-hydroxylation sites is 1. The van der Waals surface area contributed by atoms with Gasteiger partial charge in [0, 0.05) is 14.5 Å². The summed E-state index contributed by atoms with van der Waals surface area (Å²) in [5, 5.41) is 7.25. The number of nitrogens with zero attached hydrogens (tertiary/aromatic N) is 6. The van der Waals surface area contributed by atoms with Gasteiger partial charge in [-0.1, -0.05) is 6.07 Å². The molecule has 0 aliphatic carbocycles. The van der Waals surface area contributed by atoms with E-state index in [4.69, 9.17) is 18.6 Å². The van der Waals surface area contributed by atoms with Crippen LogP contribution in [0.15, 0.2) is 47.1 Å². The Morgan fingerprint density at radius 1 is 1.12 bits per heavy atom. The molecule has 4 heterocycles. The van der Waals surface area contributed by atoms with Crippen molar-refractivity contribution in [1.29, 1.82) is 0 Å². The van der Waals surface area contributed by atoms with Gasteiger partial charge in [0.2, 0.25) is 27.7 Å². The number of rotatable bonds is 10. The van der Waals surface area contributed by atoms with E-state index in [2.05, 4.69) is 24.9 Å². The van der Waals surface area contributed by atoms with Crippen LogP contribution in [0.25, 0.3) is 17.3 Å². The molecule has 1 aromatic carbocycles. The first-order valence-electron chi connectivity index (χ1n) is 13.3. The Morgan fingerprint density at radius 2 is 1.81 bits per heavy atom. The monoisotopic (exact) mass is 617 g/mol. The molecule has 230 valence electrons. The number of piperidine rings is 1. The van der Waals surface area contributed by atoms with Gasteiger partial charge in [-0.2, -0.15) is 0 Å². The fourth-order valence-corrected chi connectivity index (χ4v) is 6.29. The van der Waals surface area contributed by atoms with E-state index in [1.807, 2.05) is 0 Å². The van der Waals surface area contributed by atoms with Gasteiger partial charge in [0.15, 0.2) is 11.6 Å². The van der Waals surface area contributed by atoms with Crippen molar-refractivity contribution < 1.29 is 37.7 Å². The van der Waals surface area contributed by atoms with E-state index in [0.29, 0.717) is 28.7 Å². The molecular weight excluding hydrogens is 585 g/mol. The zero-order valence-corrected chi connectivity index (χ0v) is 24.7. The Morgan fingerprint density at radius 3 is 2.42 bits per heavy atom. The van der Waals surface area contributed by atoms with Gasteiger partial charge in [-0.15, -0.1) is 10.2 Å². The Hall–Kier alpha value is -4.73. The summed E-state index contributed by atoms with van der Waals surface area (Å²) in [6.45, 7) is 3.54. The molecular formula is C27H32FN7O7S. The maximum atomic E-state index is 14.0. The average Bonchev–Trinajstić information content (AvgIpc) is 3.62. The maximum Gasteiger partial charge on any atom is 0.310 e. The lowest BCUT2D eigenvalue weighted by molar-refractivity contribution is -0.148. The number of carbonyl (C=O) groups excluding carboxylic acids is 1. The van der Waals surface area contributed by atoms with Gasteiger partial charge < -0.3 is 23.5 Å². The van der Waals surface area contributed by atoms with Crippen molar-refractivity contribution in [2.45, 2.75) is 25.5 Å². The minimum Gasteiger partial charge on any atom is -0.494 e. The number of esters is 1. The Kier molecular flexibility index (Phi) is 8.47. The number of benzene rings is 1. The van der Waals surface area contributed by atoms with Crippen LogP contribution in [0.2, 0.25) is 0 Å². The van der Waals surface area contributed by atoms with Crippen LogP contribution in [0.4, 0.5) is 16.3 Å². The third-order valence-electron chi connectivity index (χ3n) is 6.84. The minimum atomic E-state index is -4.26. The van der Waals surface area contributed by atoms with Gasteiger partial charge in [0.05, 0.1) is 44.4 Å².